The van der Waals surface area contributed by atoms with Crippen LogP contribution in [0, 0.1) is 0 Å². The number of rotatable bonds is 4. The van der Waals surface area contributed by atoms with Crippen LogP contribution in [0.15, 0.2) is 30.3 Å². The fourth-order valence-corrected chi connectivity index (χ4v) is 4.20. The van der Waals surface area contributed by atoms with Crippen LogP contribution in [0.4, 0.5) is 4.79 Å². The Bertz CT molecular complexity index is 590. The van der Waals surface area contributed by atoms with Gasteiger partial charge in [0, 0.05) is 25.0 Å². The van der Waals surface area contributed by atoms with E-state index in [0.717, 1.165) is 45.1 Å². The smallest absolute Gasteiger partial charge is 0.318 e. The minimum Gasteiger partial charge on any atom is -0.354 e. The Labute approximate surface area is 150 Å². The maximum atomic E-state index is 12.9. The topological polar surface area (TPSA) is 61.4 Å². The van der Waals surface area contributed by atoms with Gasteiger partial charge in [-0.2, -0.15) is 0 Å². The van der Waals surface area contributed by atoms with Crippen LogP contribution in [0.5, 0.6) is 0 Å². The maximum Gasteiger partial charge on any atom is 0.318 e. The van der Waals surface area contributed by atoms with E-state index in [-0.39, 0.29) is 18.0 Å². The Kier molecular flexibility index (Phi) is 5.95. The first-order chi connectivity index (χ1) is 12.2. The van der Waals surface area contributed by atoms with Crippen LogP contribution >= 0.6 is 0 Å². The van der Waals surface area contributed by atoms with Crippen LogP contribution in [-0.4, -0.2) is 42.0 Å². The highest BCUT2D eigenvalue weighted by atomic mass is 16.2. The molecule has 25 heavy (non-hydrogen) atoms. The Hall–Kier alpha value is -2.04. The number of nitrogens with one attached hydrogen (secondary N) is 2. The van der Waals surface area contributed by atoms with Gasteiger partial charge in [0.15, 0.2) is 0 Å². The van der Waals surface area contributed by atoms with Gasteiger partial charge in [-0.05, 0) is 44.1 Å². The maximum absolute atomic E-state index is 12.9. The van der Waals surface area contributed by atoms with Gasteiger partial charge in [0.05, 0.1) is 0 Å². The van der Waals surface area contributed by atoms with Crippen molar-refractivity contribution in [2.24, 2.45) is 0 Å². The molecule has 2 N–H and O–H groups in total. The van der Waals surface area contributed by atoms with E-state index in [1.165, 1.54) is 5.56 Å². The summed E-state index contributed by atoms with van der Waals surface area (Å²) in [4.78, 5) is 26.9. The van der Waals surface area contributed by atoms with Crippen LogP contribution in [-0.2, 0) is 4.79 Å². The summed E-state index contributed by atoms with van der Waals surface area (Å²) in [5.74, 6) is 0.300. The summed E-state index contributed by atoms with van der Waals surface area (Å²) in [5, 5.41) is 5.88. The van der Waals surface area contributed by atoms with E-state index < -0.39 is 6.04 Å². The van der Waals surface area contributed by atoms with E-state index in [9.17, 15) is 9.59 Å². The predicted molar refractivity (Wildman–Crippen MR) is 98.4 cm³/mol. The van der Waals surface area contributed by atoms with Gasteiger partial charge < -0.3 is 15.5 Å². The number of likely N-dealkylation sites (tertiary alicyclic amines) is 1. The zero-order valence-electron chi connectivity index (χ0n) is 15.0. The molecule has 5 heteroatoms. The van der Waals surface area contributed by atoms with Crippen molar-refractivity contribution >= 4 is 11.9 Å². The van der Waals surface area contributed by atoms with Crippen molar-refractivity contribution in [2.45, 2.75) is 63.5 Å². The van der Waals surface area contributed by atoms with Crippen LogP contribution in [0.1, 0.15) is 56.9 Å². The lowest BCUT2D eigenvalue weighted by Gasteiger charge is -2.32. The molecule has 0 radical (unpaired) electrons. The highest BCUT2D eigenvalue weighted by Gasteiger charge is 2.36. The van der Waals surface area contributed by atoms with Gasteiger partial charge in [-0.15, -0.1) is 0 Å². The van der Waals surface area contributed by atoms with Gasteiger partial charge in [0.25, 0.3) is 0 Å². The molecule has 0 unspecified atom stereocenters. The van der Waals surface area contributed by atoms with E-state index in [0.29, 0.717) is 12.5 Å². The molecule has 1 aromatic rings. The summed E-state index contributed by atoms with van der Waals surface area (Å²) in [7, 11) is 0. The normalized spacial score (nSPS) is 25.2. The molecule has 2 aliphatic rings. The minimum atomic E-state index is -0.395. The third-order valence-electron chi connectivity index (χ3n) is 5.53. The number of hydrogen-bond donors (Lipinski definition) is 2. The number of benzene rings is 1. The fraction of sp³-hybridized carbons (Fsp3) is 0.600. The molecule has 2 saturated heterocycles. The van der Waals surface area contributed by atoms with Gasteiger partial charge in [0.1, 0.15) is 6.04 Å². The first-order valence-electron chi connectivity index (χ1n) is 9.60. The van der Waals surface area contributed by atoms with Crippen LogP contribution in [0.3, 0.4) is 0 Å². The van der Waals surface area contributed by atoms with E-state index in [1.807, 2.05) is 11.0 Å². The molecule has 5 nitrogen and oxygen atoms in total. The summed E-state index contributed by atoms with van der Waals surface area (Å²) < 4.78 is 0. The van der Waals surface area contributed by atoms with Gasteiger partial charge in [-0.1, -0.05) is 37.3 Å². The minimum absolute atomic E-state index is 0.0447. The van der Waals surface area contributed by atoms with E-state index in [2.05, 4.69) is 41.8 Å². The molecule has 2 heterocycles. The van der Waals surface area contributed by atoms with E-state index in [1.54, 1.807) is 0 Å². The molecule has 0 spiro atoms. The lowest BCUT2D eigenvalue weighted by atomic mass is 9.88. The SMILES string of the molecule is CC[C@H](c1ccccc1)[C@@H]1CCCN1C(=O)N[C@H]1CCCCNC1=O. The zero-order chi connectivity index (χ0) is 17.6. The van der Waals surface area contributed by atoms with Crippen molar-refractivity contribution in [3.8, 4) is 0 Å². The highest BCUT2D eigenvalue weighted by Crippen LogP contribution is 2.33. The van der Waals surface area contributed by atoms with Crippen molar-refractivity contribution in [2.75, 3.05) is 13.1 Å². The third kappa shape index (κ3) is 4.14. The zero-order valence-corrected chi connectivity index (χ0v) is 15.0. The summed E-state index contributed by atoms with van der Waals surface area (Å²) >= 11 is 0. The number of urea groups is 1. The third-order valence-corrected chi connectivity index (χ3v) is 5.53. The van der Waals surface area contributed by atoms with Gasteiger partial charge >= 0.3 is 6.03 Å². The monoisotopic (exact) mass is 343 g/mol. The summed E-state index contributed by atoms with van der Waals surface area (Å²) in [6.07, 6.45) is 5.73. The molecule has 0 bridgehead atoms. The standard InChI is InChI=1S/C20H29N3O2/c1-2-16(15-9-4-3-5-10-15)18-12-8-14-23(18)20(25)22-17-11-6-7-13-21-19(17)24/h3-5,9-10,16-18H,2,6-8,11-14H2,1H3,(H,21,24)(H,22,25)/t16-,17+,18+/m1/s1. The second kappa shape index (κ2) is 8.37. The first-order valence-corrected chi connectivity index (χ1v) is 9.60. The summed E-state index contributed by atoms with van der Waals surface area (Å²) in [6, 6.07) is 10.2. The molecule has 1 aromatic carbocycles. The molecule has 136 valence electrons. The molecule has 2 aliphatic heterocycles. The van der Waals surface area contributed by atoms with Crippen molar-refractivity contribution in [1.29, 1.82) is 0 Å². The Morgan fingerprint density at radius 1 is 1.24 bits per heavy atom. The highest BCUT2D eigenvalue weighted by molar-refractivity contribution is 5.87. The molecule has 3 rings (SSSR count). The lowest BCUT2D eigenvalue weighted by molar-refractivity contribution is -0.122. The van der Waals surface area contributed by atoms with Gasteiger partial charge in [0.2, 0.25) is 5.91 Å². The molecule has 3 amide bonds. The van der Waals surface area contributed by atoms with Crippen LogP contribution in [0.2, 0.25) is 0 Å². The second-order valence-corrected chi connectivity index (χ2v) is 7.12. The lowest BCUT2D eigenvalue weighted by Crippen LogP contribution is -2.52. The molecule has 3 atom stereocenters. The fourth-order valence-electron chi connectivity index (χ4n) is 4.20. The Morgan fingerprint density at radius 3 is 2.80 bits per heavy atom. The number of amides is 3. The molecule has 0 saturated carbocycles. The largest absolute Gasteiger partial charge is 0.354 e. The summed E-state index contributed by atoms with van der Waals surface area (Å²) in [6.45, 7) is 3.67. The van der Waals surface area contributed by atoms with E-state index >= 15 is 0 Å². The Morgan fingerprint density at radius 2 is 2.04 bits per heavy atom. The molecular formula is C20H29N3O2. The van der Waals surface area contributed by atoms with Gasteiger partial charge in [-0.25, -0.2) is 4.79 Å². The van der Waals surface area contributed by atoms with Crippen LogP contribution < -0.4 is 10.6 Å². The van der Waals surface area contributed by atoms with Gasteiger partial charge in [-0.3, -0.25) is 4.79 Å². The van der Waals surface area contributed by atoms with Crippen molar-refractivity contribution < 1.29 is 9.59 Å². The van der Waals surface area contributed by atoms with Crippen molar-refractivity contribution in [3.63, 3.8) is 0 Å². The Balaban J connectivity index is 1.69. The van der Waals surface area contributed by atoms with E-state index in [4.69, 9.17) is 0 Å². The van der Waals surface area contributed by atoms with Crippen molar-refractivity contribution in [1.82, 2.24) is 15.5 Å². The van der Waals surface area contributed by atoms with Crippen molar-refractivity contribution in [3.05, 3.63) is 35.9 Å². The number of carbonyl (C=O) groups is 2. The predicted octanol–water partition coefficient (Wildman–Crippen LogP) is 3.02. The number of carbonyl (C=O) groups excluding carboxylic acids is 2. The summed E-state index contributed by atoms with van der Waals surface area (Å²) in [5.41, 5.74) is 1.29. The first kappa shape index (κ1) is 17.8. The second-order valence-electron chi connectivity index (χ2n) is 7.12. The quantitative estimate of drug-likeness (QED) is 0.883. The number of nitrogens with zero attached hydrogens (tertiary/aromatic N) is 1. The average molecular weight is 343 g/mol. The molecular weight excluding hydrogens is 314 g/mol. The average Bonchev–Trinajstić information content (AvgIpc) is 3.02. The molecule has 0 aliphatic carbocycles. The number of hydrogen-bond acceptors (Lipinski definition) is 2. The molecule has 2 fully saturated rings. The molecule has 0 aromatic heterocycles. The van der Waals surface area contributed by atoms with Crippen LogP contribution in [0.25, 0.3) is 0 Å².